The summed E-state index contributed by atoms with van der Waals surface area (Å²) in [5, 5.41) is 5.64. The van der Waals surface area contributed by atoms with E-state index in [-0.39, 0.29) is 18.1 Å². The van der Waals surface area contributed by atoms with Crippen LogP contribution in [0.3, 0.4) is 0 Å². The standard InChI is InChI=1S/C22H31N3O2S/c1-15(2)9-18-5-7-19(8-6-18)10-21(26)24-22-23-20(14-28-22)13-25-11-16(3)27-17(4)12-25/h5-8,14-17H,9-13H2,1-4H3,(H,23,24,26). The maximum Gasteiger partial charge on any atom is 0.230 e. The Kier molecular flexibility index (Phi) is 7.21. The summed E-state index contributed by atoms with van der Waals surface area (Å²) in [5.41, 5.74) is 3.34. The van der Waals surface area contributed by atoms with Gasteiger partial charge in [0, 0.05) is 25.0 Å². The third-order valence-electron chi connectivity index (χ3n) is 4.71. The molecule has 1 aromatic heterocycles. The van der Waals surface area contributed by atoms with Crippen LogP contribution in [0.5, 0.6) is 0 Å². The fourth-order valence-electron chi connectivity index (χ4n) is 3.69. The van der Waals surface area contributed by atoms with Gasteiger partial charge in [-0.15, -0.1) is 11.3 Å². The molecule has 1 N–H and O–H groups in total. The zero-order valence-electron chi connectivity index (χ0n) is 17.3. The topological polar surface area (TPSA) is 54.5 Å². The first-order valence-corrected chi connectivity index (χ1v) is 10.9. The van der Waals surface area contributed by atoms with Gasteiger partial charge in [0.1, 0.15) is 0 Å². The zero-order valence-corrected chi connectivity index (χ0v) is 18.1. The predicted octanol–water partition coefficient (Wildman–Crippen LogP) is 4.13. The molecule has 0 saturated carbocycles. The molecule has 28 heavy (non-hydrogen) atoms. The number of nitrogens with one attached hydrogen (secondary N) is 1. The first kappa shape index (κ1) is 21.0. The molecule has 1 amide bonds. The average molecular weight is 402 g/mol. The Labute approximate surface area is 172 Å². The van der Waals surface area contributed by atoms with E-state index in [0.717, 1.165) is 37.3 Å². The lowest BCUT2D eigenvalue weighted by atomic mass is 10.0. The number of rotatable bonds is 7. The molecular formula is C22H31N3O2S. The fraction of sp³-hybridized carbons (Fsp3) is 0.545. The van der Waals surface area contributed by atoms with Crippen LogP contribution in [0.2, 0.25) is 0 Å². The molecule has 1 fully saturated rings. The van der Waals surface area contributed by atoms with Crippen molar-refractivity contribution >= 4 is 22.4 Å². The van der Waals surface area contributed by atoms with E-state index in [9.17, 15) is 4.79 Å². The second-order valence-electron chi connectivity index (χ2n) is 8.23. The van der Waals surface area contributed by atoms with Crippen LogP contribution in [0.25, 0.3) is 0 Å². The van der Waals surface area contributed by atoms with E-state index >= 15 is 0 Å². The maximum absolute atomic E-state index is 12.4. The number of anilines is 1. The van der Waals surface area contributed by atoms with Gasteiger partial charge < -0.3 is 10.1 Å². The molecule has 1 aliphatic heterocycles. The molecule has 2 atom stereocenters. The van der Waals surface area contributed by atoms with Gasteiger partial charge in [-0.2, -0.15) is 0 Å². The third-order valence-corrected chi connectivity index (χ3v) is 5.52. The molecule has 1 saturated heterocycles. The lowest BCUT2D eigenvalue weighted by molar-refractivity contribution is -0.115. The Hall–Kier alpha value is -1.76. The van der Waals surface area contributed by atoms with Gasteiger partial charge in [-0.25, -0.2) is 4.98 Å². The number of hydrogen-bond acceptors (Lipinski definition) is 5. The number of aromatic nitrogens is 1. The highest BCUT2D eigenvalue weighted by atomic mass is 32.1. The minimum absolute atomic E-state index is 0.0221. The summed E-state index contributed by atoms with van der Waals surface area (Å²) < 4.78 is 5.78. The molecule has 1 aliphatic rings. The fourth-order valence-corrected chi connectivity index (χ4v) is 4.41. The molecule has 0 radical (unpaired) electrons. The van der Waals surface area contributed by atoms with Gasteiger partial charge in [0.2, 0.25) is 5.91 Å². The van der Waals surface area contributed by atoms with Crippen molar-refractivity contribution in [3.05, 3.63) is 46.5 Å². The van der Waals surface area contributed by atoms with Crippen LogP contribution in [-0.4, -0.2) is 41.1 Å². The molecule has 2 heterocycles. The number of thiazole rings is 1. The molecule has 152 valence electrons. The second-order valence-corrected chi connectivity index (χ2v) is 9.09. The molecule has 0 spiro atoms. The largest absolute Gasteiger partial charge is 0.373 e. The lowest BCUT2D eigenvalue weighted by Crippen LogP contribution is -2.44. The maximum atomic E-state index is 12.4. The Bertz CT molecular complexity index is 762. The number of carbonyl (C=O) groups excluding carboxylic acids is 1. The smallest absolute Gasteiger partial charge is 0.230 e. The zero-order chi connectivity index (χ0) is 20.1. The molecule has 2 unspecified atom stereocenters. The molecule has 1 aromatic carbocycles. The van der Waals surface area contributed by atoms with Gasteiger partial charge in [-0.3, -0.25) is 9.69 Å². The normalized spacial score (nSPS) is 20.5. The van der Waals surface area contributed by atoms with Crippen molar-refractivity contribution in [2.24, 2.45) is 5.92 Å². The highest BCUT2D eigenvalue weighted by molar-refractivity contribution is 7.13. The van der Waals surface area contributed by atoms with E-state index in [1.54, 1.807) is 0 Å². The van der Waals surface area contributed by atoms with Gasteiger partial charge in [0.05, 0.1) is 24.3 Å². The lowest BCUT2D eigenvalue weighted by Gasteiger charge is -2.34. The van der Waals surface area contributed by atoms with Crippen molar-refractivity contribution in [3.63, 3.8) is 0 Å². The number of benzene rings is 1. The van der Waals surface area contributed by atoms with Gasteiger partial charge in [-0.05, 0) is 37.3 Å². The molecular weight excluding hydrogens is 370 g/mol. The minimum Gasteiger partial charge on any atom is -0.373 e. The van der Waals surface area contributed by atoms with Crippen LogP contribution in [0, 0.1) is 5.92 Å². The summed E-state index contributed by atoms with van der Waals surface area (Å²) in [6.45, 7) is 11.2. The Balaban J connectivity index is 1.49. The first-order valence-electron chi connectivity index (χ1n) is 10.1. The number of morpholine rings is 1. The summed E-state index contributed by atoms with van der Waals surface area (Å²) in [7, 11) is 0. The molecule has 0 aliphatic carbocycles. The number of carbonyl (C=O) groups is 1. The molecule has 0 bridgehead atoms. The SMILES string of the molecule is CC(C)Cc1ccc(CC(=O)Nc2nc(CN3CC(C)OC(C)C3)cs2)cc1. The van der Waals surface area contributed by atoms with Crippen LogP contribution in [0.1, 0.15) is 44.5 Å². The van der Waals surface area contributed by atoms with Crippen LogP contribution >= 0.6 is 11.3 Å². The van der Waals surface area contributed by atoms with Crippen molar-refractivity contribution in [1.29, 1.82) is 0 Å². The van der Waals surface area contributed by atoms with Gasteiger partial charge in [0.15, 0.2) is 5.13 Å². The summed E-state index contributed by atoms with van der Waals surface area (Å²) >= 11 is 1.49. The van der Waals surface area contributed by atoms with Crippen LogP contribution in [-0.2, 0) is 28.9 Å². The van der Waals surface area contributed by atoms with E-state index in [1.807, 2.05) is 17.5 Å². The van der Waals surface area contributed by atoms with Crippen molar-refractivity contribution in [1.82, 2.24) is 9.88 Å². The highest BCUT2D eigenvalue weighted by Gasteiger charge is 2.22. The molecule has 3 rings (SSSR count). The van der Waals surface area contributed by atoms with E-state index in [4.69, 9.17) is 4.74 Å². The highest BCUT2D eigenvalue weighted by Crippen LogP contribution is 2.19. The van der Waals surface area contributed by atoms with Gasteiger partial charge in [0.25, 0.3) is 0 Å². The average Bonchev–Trinajstić information content (AvgIpc) is 3.02. The minimum atomic E-state index is -0.0221. The number of amides is 1. The third kappa shape index (κ3) is 6.40. The van der Waals surface area contributed by atoms with Crippen LogP contribution in [0.15, 0.2) is 29.6 Å². The van der Waals surface area contributed by atoms with Crippen LogP contribution < -0.4 is 5.32 Å². The van der Waals surface area contributed by atoms with E-state index in [1.165, 1.54) is 16.9 Å². The summed E-state index contributed by atoms with van der Waals surface area (Å²) in [4.78, 5) is 19.3. The van der Waals surface area contributed by atoms with E-state index in [0.29, 0.717) is 17.5 Å². The second kappa shape index (κ2) is 9.63. The Morgan fingerprint density at radius 2 is 1.86 bits per heavy atom. The van der Waals surface area contributed by atoms with E-state index in [2.05, 4.69) is 55.0 Å². The molecule has 5 nitrogen and oxygen atoms in total. The van der Waals surface area contributed by atoms with Crippen molar-refractivity contribution in [3.8, 4) is 0 Å². The number of nitrogens with zero attached hydrogens (tertiary/aromatic N) is 2. The summed E-state index contributed by atoms with van der Waals surface area (Å²) in [6, 6.07) is 8.33. The molecule has 2 aromatic rings. The van der Waals surface area contributed by atoms with Crippen molar-refractivity contribution in [2.75, 3.05) is 18.4 Å². The predicted molar refractivity (Wildman–Crippen MR) is 115 cm³/mol. The van der Waals surface area contributed by atoms with Gasteiger partial charge in [-0.1, -0.05) is 38.1 Å². The molecule has 6 heteroatoms. The van der Waals surface area contributed by atoms with Crippen LogP contribution in [0.4, 0.5) is 5.13 Å². The monoisotopic (exact) mass is 401 g/mol. The Morgan fingerprint density at radius 3 is 2.50 bits per heavy atom. The van der Waals surface area contributed by atoms with E-state index < -0.39 is 0 Å². The quantitative estimate of drug-likeness (QED) is 0.758. The van der Waals surface area contributed by atoms with Crippen molar-refractivity contribution < 1.29 is 9.53 Å². The Morgan fingerprint density at radius 1 is 1.21 bits per heavy atom. The van der Waals surface area contributed by atoms with Gasteiger partial charge >= 0.3 is 0 Å². The summed E-state index contributed by atoms with van der Waals surface area (Å²) in [5.74, 6) is 0.614. The number of ether oxygens (including phenoxy) is 1. The number of hydrogen-bond donors (Lipinski definition) is 1. The summed E-state index contributed by atoms with van der Waals surface area (Å²) in [6.07, 6.45) is 1.92. The first-order chi connectivity index (χ1) is 13.4. The van der Waals surface area contributed by atoms with Crippen molar-refractivity contribution in [2.45, 2.75) is 59.3 Å².